The fourth-order valence-electron chi connectivity index (χ4n) is 5.27. The van der Waals surface area contributed by atoms with E-state index in [9.17, 15) is 25.2 Å². The molecule has 4 N–H and O–H groups in total. The molecule has 5 heterocycles. The molecule has 7 atom stereocenters. The van der Waals surface area contributed by atoms with E-state index < -0.39 is 49.5 Å². The first kappa shape index (κ1) is 23.4. The second-order valence-corrected chi connectivity index (χ2v) is 9.32. The molecule has 0 bridgehead atoms. The number of hydrogen-bond acceptors (Lipinski definition) is 9. The third-order valence-corrected chi connectivity index (χ3v) is 7.22. The van der Waals surface area contributed by atoms with Crippen molar-refractivity contribution in [2.45, 2.75) is 56.1 Å². The van der Waals surface area contributed by atoms with Gasteiger partial charge in [-0.3, -0.25) is 4.79 Å². The van der Waals surface area contributed by atoms with Gasteiger partial charge in [-0.2, -0.15) is 0 Å². The lowest BCUT2D eigenvalue weighted by Crippen LogP contribution is -2.60. The molecular weight excluding hydrogens is 468 g/mol. The van der Waals surface area contributed by atoms with E-state index in [1.54, 1.807) is 10.6 Å². The Labute approximate surface area is 205 Å². The number of para-hydroxylation sites is 1. The van der Waals surface area contributed by atoms with E-state index in [0.29, 0.717) is 23.4 Å². The zero-order valence-corrected chi connectivity index (χ0v) is 19.2. The second-order valence-electron chi connectivity index (χ2n) is 9.32. The fraction of sp³-hybridized carbons (Fsp3) is 0.385. The number of ether oxygens (including phenoxy) is 3. The van der Waals surface area contributed by atoms with Gasteiger partial charge in [0.05, 0.1) is 42.6 Å². The summed E-state index contributed by atoms with van der Waals surface area (Å²) in [6.07, 6.45) is -6.55. The van der Waals surface area contributed by atoms with Crippen molar-refractivity contribution < 1.29 is 34.6 Å². The Kier molecular flexibility index (Phi) is 5.77. The van der Waals surface area contributed by atoms with Gasteiger partial charge in [0.15, 0.2) is 12.6 Å². The van der Waals surface area contributed by atoms with E-state index in [2.05, 4.69) is 12.6 Å². The minimum absolute atomic E-state index is 0.0351. The molecule has 0 saturated carbocycles. The molecule has 10 heteroatoms. The molecule has 3 aromatic rings. The molecule has 2 aromatic heterocycles. The maximum atomic E-state index is 13.5. The van der Waals surface area contributed by atoms with Gasteiger partial charge in [0.25, 0.3) is 5.56 Å². The average Bonchev–Trinajstić information content (AvgIpc) is 3.25. The van der Waals surface area contributed by atoms with E-state index in [4.69, 9.17) is 19.2 Å². The van der Waals surface area contributed by atoms with E-state index in [1.165, 1.54) is 0 Å². The number of hydrogen-bond donors (Lipinski definition) is 4. The predicted octanol–water partition coefficient (Wildman–Crippen LogP) is 0.368. The van der Waals surface area contributed by atoms with Gasteiger partial charge in [-0.15, -0.1) is 6.58 Å². The Morgan fingerprint density at radius 2 is 1.94 bits per heavy atom. The fourth-order valence-corrected chi connectivity index (χ4v) is 5.27. The van der Waals surface area contributed by atoms with Gasteiger partial charge in [0, 0.05) is 16.5 Å². The molecule has 0 radical (unpaired) electrons. The molecule has 3 aliphatic rings. The van der Waals surface area contributed by atoms with E-state index in [1.807, 2.05) is 30.3 Å². The molecule has 1 aromatic carbocycles. The first-order valence-corrected chi connectivity index (χ1v) is 11.8. The summed E-state index contributed by atoms with van der Waals surface area (Å²) in [6, 6.07) is 11.7. The SMILES string of the molecule is C=C[C@@H]1c2cc3n(c(=O)c2CO[C@H]1O[C@@H]1O[C@H](CO)[C@@H](O)[C@H](O)[C@H]1O)Cc1cc2ccccc2nc1-3. The largest absolute Gasteiger partial charge is 0.394 e. The Hall–Kier alpha value is -2.96. The molecule has 0 aliphatic carbocycles. The number of pyridine rings is 2. The molecule has 6 rings (SSSR count). The third kappa shape index (κ3) is 3.53. The van der Waals surface area contributed by atoms with Gasteiger partial charge < -0.3 is 39.2 Å². The van der Waals surface area contributed by atoms with E-state index >= 15 is 0 Å². The van der Waals surface area contributed by atoms with Crippen molar-refractivity contribution in [2.24, 2.45) is 0 Å². The lowest BCUT2D eigenvalue weighted by atomic mass is 9.91. The molecule has 0 spiro atoms. The normalized spacial score (nSPS) is 31.1. The number of benzene rings is 1. The Bertz CT molecular complexity index is 1400. The lowest BCUT2D eigenvalue weighted by molar-refractivity contribution is -0.341. The van der Waals surface area contributed by atoms with Crippen LogP contribution in [0.4, 0.5) is 0 Å². The minimum atomic E-state index is -1.58. The van der Waals surface area contributed by atoms with Gasteiger partial charge in [0.1, 0.15) is 24.4 Å². The van der Waals surface area contributed by atoms with Gasteiger partial charge in [-0.05, 0) is 23.8 Å². The van der Waals surface area contributed by atoms with Crippen molar-refractivity contribution >= 4 is 10.9 Å². The Morgan fingerprint density at radius 3 is 2.72 bits per heavy atom. The maximum Gasteiger partial charge on any atom is 0.257 e. The van der Waals surface area contributed by atoms with Crippen LogP contribution >= 0.6 is 0 Å². The Balaban J connectivity index is 1.36. The van der Waals surface area contributed by atoms with Crippen LogP contribution in [-0.4, -0.2) is 73.6 Å². The van der Waals surface area contributed by atoms with Crippen LogP contribution in [0.25, 0.3) is 22.3 Å². The number of aromatic nitrogens is 2. The standard InChI is InChI=1S/C26H26N2O8/c1-2-14-15-8-18-20-13(7-12-5-3-4-6-17(12)27-20)9-28(18)24(33)16(15)11-34-25(14)36-26-23(32)22(31)21(30)19(10-29)35-26/h2-8,14,19,21-23,25-26,29-32H,1,9-11H2/t14-,19-,21-,22+,23-,25+,26+/m1/s1. The molecule has 1 fully saturated rings. The van der Waals surface area contributed by atoms with Crippen molar-refractivity contribution in [2.75, 3.05) is 6.61 Å². The zero-order chi connectivity index (χ0) is 25.1. The van der Waals surface area contributed by atoms with Crippen LogP contribution in [0.15, 0.2) is 53.8 Å². The summed E-state index contributed by atoms with van der Waals surface area (Å²) in [4.78, 5) is 18.3. The van der Waals surface area contributed by atoms with Crippen molar-refractivity contribution in [3.8, 4) is 11.4 Å². The van der Waals surface area contributed by atoms with Crippen LogP contribution in [-0.2, 0) is 27.4 Å². The molecule has 0 amide bonds. The lowest BCUT2D eigenvalue weighted by Gasteiger charge is -2.42. The van der Waals surface area contributed by atoms with Crippen LogP contribution < -0.4 is 5.56 Å². The first-order chi connectivity index (χ1) is 17.4. The van der Waals surface area contributed by atoms with Gasteiger partial charge in [0.2, 0.25) is 0 Å². The number of aliphatic hydroxyl groups excluding tert-OH is 4. The molecule has 10 nitrogen and oxygen atoms in total. The summed E-state index contributed by atoms with van der Waals surface area (Å²) in [7, 11) is 0. The van der Waals surface area contributed by atoms with Crippen molar-refractivity contribution in [1.82, 2.24) is 9.55 Å². The van der Waals surface area contributed by atoms with Gasteiger partial charge in [-0.1, -0.05) is 24.3 Å². The number of aliphatic hydroxyl groups is 4. The number of nitrogens with zero attached hydrogens (tertiary/aromatic N) is 2. The van der Waals surface area contributed by atoms with Crippen LogP contribution in [0.5, 0.6) is 0 Å². The van der Waals surface area contributed by atoms with Crippen LogP contribution in [0.1, 0.15) is 22.6 Å². The second kappa shape index (κ2) is 8.86. The van der Waals surface area contributed by atoms with Crippen LogP contribution in [0.2, 0.25) is 0 Å². The quantitative estimate of drug-likeness (QED) is 0.296. The van der Waals surface area contributed by atoms with Crippen LogP contribution in [0, 0.1) is 0 Å². The predicted molar refractivity (Wildman–Crippen MR) is 127 cm³/mol. The molecular formula is C26H26N2O8. The monoisotopic (exact) mass is 494 g/mol. The summed E-state index contributed by atoms with van der Waals surface area (Å²) in [5.74, 6) is -0.593. The summed E-state index contributed by atoms with van der Waals surface area (Å²) in [5, 5.41) is 41.0. The van der Waals surface area contributed by atoms with Gasteiger partial charge >= 0.3 is 0 Å². The summed E-state index contributed by atoms with van der Waals surface area (Å²) < 4.78 is 18.9. The summed E-state index contributed by atoms with van der Waals surface area (Å²) >= 11 is 0. The minimum Gasteiger partial charge on any atom is -0.394 e. The molecule has 3 aliphatic heterocycles. The number of rotatable bonds is 4. The Morgan fingerprint density at radius 1 is 1.14 bits per heavy atom. The highest BCUT2D eigenvalue weighted by molar-refractivity contribution is 5.84. The summed E-state index contributed by atoms with van der Waals surface area (Å²) in [6.45, 7) is 3.70. The third-order valence-electron chi connectivity index (χ3n) is 7.22. The first-order valence-electron chi connectivity index (χ1n) is 11.8. The van der Waals surface area contributed by atoms with E-state index in [-0.39, 0.29) is 12.2 Å². The highest BCUT2D eigenvalue weighted by atomic mass is 16.8. The highest BCUT2D eigenvalue weighted by Crippen LogP contribution is 2.39. The molecule has 0 unspecified atom stereocenters. The topological polar surface area (TPSA) is 144 Å². The van der Waals surface area contributed by atoms with Crippen molar-refractivity contribution in [1.29, 1.82) is 0 Å². The van der Waals surface area contributed by atoms with Crippen molar-refractivity contribution in [3.05, 3.63) is 76.1 Å². The van der Waals surface area contributed by atoms with Crippen LogP contribution in [0.3, 0.4) is 0 Å². The average molecular weight is 495 g/mol. The zero-order valence-electron chi connectivity index (χ0n) is 19.2. The van der Waals surface area contributed by atoms with E-state index in [0.717, 1.165) is 22.2 Å². The molecule has 36 heavy (non-hydrogen) atoms. The smallest absolute Gasteiger partial charge is 0.257 e. The van der Waals surface area contributed by atoms with Crippen molar-refractivity contribution in [3.63, 3.8) is 0 Å². The van der Waals surface area contributed by atoms with Gasteiger partial charge in [-0.25, -0.2) is 4.98 Å². The highest BCUT2D eigenvalue weighted by Gasteiger charge is 2.46. The maximum absolute atomic E-state index is 13.5. The number of fused-ring (bicyclic) bond motifs is 5. The molecule has 1 saturated heterocycles. The molecule has 188 valence electrons. The summed E-state index contributed by atoms with van der Waals surface area (Å²) in [5.41, 5.74) is 4.21.